The molecule has 1 amide bonds. The normalized spacial score (nSPS) is 14.0. The average molecular weight is 454 g/mol. The van der Waals surface area contributed by atoms with Crippen molar-refractivity contribution in [2.75, 3.05) is 13.7 Å². The number of rotatable bonds is 3. The molecule has 0 atom stereocenters. The maximum atomic E-state index is 13.2. The van der Waals surface area contributed by atoms with Gasteiger partial charge in [-0.2, -0.15) is 23.4 Å². The van der Waals surface area contributed by atoms with Crippen molar-refractivity contribution in [3.05, 3.63) is 51.8 Å². The maximum Gasteiger partial charge on any atom is 0.433 e. The summed E-state index contributed by atoms with van der Waals surface area (Å²) < 4.78 is 47.1. The average Bonchev–Trinajstić information content (AvgIpc) is 3.25. The van der Waals surface area contributed by atoms with Gasteiger partial charge in [0, 0.05) is 26.2 Å². The highest BCUT2D eigenvalue weighted by Crippen LogP contribution is 2.35. The molecule has 0 aliphatic carbocycles. The molecule has 0 saturated heterocycles. The highest BCUT2D eigenvalue weighted by atomic mass is 35.5. The minimum atomic E-state index is -4.50. The lowest BCUT2D eigenvalue weighted by Crippen LogP contribution is -2.36. The second kappa shape index (κ2) is 7.60. The van der Waals surface area contributed by atoms with E-state index in [-0.39, 0.29) is 23.2 Å². The molecule has 0 spiro atoms. The Morgan fingerprint density at radius 1 is 1.19 bits per heavy atom. The fraction of sp³-hybridized carbons (Fsp3) is 0.350. The number of hydrogen-bond donors (Lipinski definition) is 0. The van der Waals surface area contributed by atoms with Gasteiger partial charge < -0.3 is 9.64 Å². The van der Waals surface area contributed by atoms with Crippen LogP contribution in [0.2, 0.25) is 5.02 Å². The molecule has 0 fully saturated rings. The van der Waals surface area contributed by atoms with Crippen LogP contribution in [0.4, 0.5) is 13.2 Å². The first kappa shape index (κ1) is 21.2. The van der Waals surface area contributed by atoms with Gasteiger partial charge >= 0.3 is 6.18 Å². The molecule has 0 radical (unpaired) electrons. The molecule has 0 unspecified atom stereocenters. The van der Waals surface area contributed by atoms with Crippen molar-refractivity contribution >= 4 is 17.5 Å². The maximum absolute atomic E-state index is 13.2. The minimum Gasteiger partial charge on any atom is -0.495 e. The number of carbonyl (C=O) groups is 1. The number of aromatic nitrogens is 4. The Morgan fingerprint density at radius 2 is 1.94 bits per heavy atom. The third-order valence-corrected chi connectivity index (χ3v) is 5.70. The van der Waals surface area contributed by atoms with E-state index in [9.17, 15) is 18.0 Å². The van der Waals surface area contributed by atoms with Crippen molar-refractivity contribution in [1.29, 1.82) is 0 Å². The molecular formula is C20H19ClF3N5O2. The van der Waals surface area contributed by atoms with E-state index in [0.717, 1.165) is 16.3 Å². The van der Waals surface area contributed by atoms with Crippen LogP contribution >= 0.6 is 11.6 Å². The molecule has 164 valence electrons. The van der Waals surface area contributed by atoms with Gasteiger partial charge in [0.25, 0.3) is 5.91 Å². The number of carbonyl (C=O) groups excluding carboxylic acids is 1. The molecule has 0 saturated carbocycles. The van der Waals surface area contributed by atoms with Crippen LogP contribution in [0.15, 0.2) is 24.3 Å². The van der Waals surface area contributed by atoms with Crippen molar-refractivity contribution in [2.45, 2.75) is 19.1 Å². The summed E-state index contributed by atoms with van der Waals surface area (Å²) in [5.74, 6) is 0.139. The lowest BCUT2D eigenvalue weighted by Gasteiger charge is -2.27. The lowest BCUT2D eigenvalue weighted by atomic mass is 10.0. The van der Waals surface area contributed by atoms with Crippen molar-refractivity contribution < 1.29 is 22.7 Å². The second-order valence-corrected chi connectivity index (χ2v) is 7.61. The molecule has 31 heavy (non-hydrogen) atoms. The van der Waals surface area contributed by atoms with E-state index in [1.807, 2.05) is 0 Å². The van der Waals surface area contributed by atoms with Gasteiger partial charge in [-0.3, -0.25) is 14.2 Å². The zero-order valence-electron chi connectivity index (χ0n) is 17.0. The van der Waals surface area contributed by atoms with Gasteiger partial charge in [-0.25, -0.2) is 0 Å². The molecule has 0 N–H and O–H groups in total. The van der Waals surface area contributed by atoms with Crippen LogP contribution in [0.1, 0.15) is 27.3 Å². The first-order valence-electron chi connectivity index (χ1n) is 9.40. The van der Waals surface area contributed by atoms with Crippen molar-refractivity contribution in [3.63, 3.8) is 0 Å². The van der Waals surface area contributed by atoms with Gasteiger partial charge in [0.1, 0.15) is 17.1 Å². The third-order valence-electron chi connectivity index (χ3n) is 5.31. The van der Waals surface area contributed by atoms with Crippen LogP contribution in [0.3, 0.4) is 0 Å². The van der Waals surface area contributed by atoms with Crippen molar-refractivity contribution in [3.8, 4) is 17.1 Å². The molecule has 1 aromatic carbocycles. The Hall–Kier alpha value is -3.01. The Morgan fingerprint density at radius 3 is 2.58 bits per heavy atom. The molecule has 4 rings (SSSR count). The van der Waals surface area contributed by atoms with Crippen LogP contribution in [-0.2, 0) is 33.2 Å². The second-order valence-electron chi connectivity index (χ2n) is 7.23. The first-order valence-corrected chi connectivity index (χ1v) is 9.77. The van der Waals surface area contributed by atoms with E-state index < -0.39 is 11.9 Å². The number of ether oxygens (including phenoxy) is 1. The predicted octanol–water partition coefficient (Wildman–Crippen LogP) is 3.70. The van der Waals surface area contributed by atoms with E-state index >= 15 is 0 Å². The molecule has 7 nitrogen and oxygen atoms in total. The summed E-state index contributed by atoms with van der Waals surface area (Å²) >= 11 is 6.29. The summed E-state index contributed by atoms with van der Waals surface area (Å²) in [5.41, 5.74) is 1.61. The van der Waals surface area contributed by atoms with Gasteiger partial charge in [0.2, 0.25) is 0 Å². The Labute approximate surface area is 181 Å². The number of nitrogens with zero attached hydrogens (tertiary/aromatic N) is 5. The van der Waals surface area contributed by atoms with Gasteiger partial charge in [0.05, 0.1) is 35.6 Å². The molecule has 3 aromatic rings. The SMILES string of the molecule is COc1cccc(C(=O)N2CCc3c(nn(C)c3-c3cc(C(F)(F)F)n(C)n3)C2)c1Cl. The highest BCUT2D eigenvalue weighted by molar-refractivity contribution is 6.35. The standard InChI is InChI=1S/C20H19ClF3N5O2/c1-27-16(20(22,23)24)9-13(25-27)18-11-7-8-29(10-14(11)26-28(18)2)19(30)12-5-4-6-15(31-3)17(12)21/h4-6,9H,7-8,10H2,1-3H3. The molecule has 2 aromatic heterocycles. The zero-order chi connectivity index (χ0) is 22.5. The van der Waals surface area contributed by atoms with E-state index in [4.69, 9.17) is 16.3 Å². The van der Waals surface area contributed by atoms with Crippen LogP contribution in [0.25, 0.3) is 11.4 Å². The first-order chi connectivity index (χ1) is 14.6. The lowest BCUT2D eigenvalue weighted by molar-refractivity contribution is -0.143. The molecule has 11 heteroatoms. The van der Waals surface area contributed by atoms with Crippen molar-refractivity contribution in [1.82, 2.24) is 24.5 Å². The summed E-state index contributed by atoms with van der Waals surface area (Å²) in [6, 6.07) is 6.00. The predicted molar refractivity (Wildman–Crippen MR) is 107 cm³/mol. The minimum absolute atomic E-state index is 0.196. The van der Waals surface area contributed by atoms with Crippen LogP contribution < -0.4 is 4.74 Å². The largest absolute Gasteiger partial charge is 0.495 e. The van der Waals surface area contributed by atoms with E-state index in [2.05, 4.69) is 10.2 Å². The topological polar surface area (TPSA) is 65.2 Å². The Bertz CT molecular complexity index is 1170. The van der Waals surface area contributed by atoms with Crippen LogP contribution in [0.5, 0.6) is 5.75 Å². The number of hydrogen-bond acceptors (Lipinski definition) is 4. The van der Waals surface area contributed by atoms with Crippen LogP contribution in [0, 0.1) is 0 Å². The van der Waals surface area contributed by atoms with Gasteiger partial charge in [-0.05, 0) is 24.6 Å². The summed E-state index contributed by atoms with van der Waals surface area (Å²) in [5, 5.41) is 8.72. The number of alkyl halides is 3. The molecule has 0 bridgehead atoms. The van der Waals surface area contributed by atoms with Gasteiger partial charge in [0.15, 0.2) is 0 Å². The molecular weight excluding hydrogens is 435 g/mol. The van der Waals surface area contributed by atoms with E-state index in [1.165, 1.54) is 18.8 Å². The number of benzene rings is 1. The Balaban J connectivity index is 1.65. The number of fused-ring (bicyclic) bond motifs is 1. The summed E-state index contributed by atoms with van der Waals surface area (Å²) in [6.07, 6.45) is -4.07. The fourth-order valence-electron chi connectivity index (χ4n) is 3.87. The fourth-order valence-corrected chi connectivity index (χ4v) is 4.15. The summed E-state index contributed by atoms with van der Waals surface area (Å²) in [7, 11) is 4.38. The van der Waals surface area contributed by atoms with E-state index in [1.54, 1.807) is 30.1 Å². The number of aryl methyl sites for hydroxylation is 2. The molecule has 1 aliphatic rings. The summed E-state index contributed by atoms with van der Waals surface area (Å²) in [4.78, 5) is 14.6. The number of halogens is 4. The highest BCUT2D eigenvalue weighted by Gasteiger charge is 2.36. The quantitative estimate of drug-likeness (QED) is 0.606. The van der Waals surface area contributed by atoms with Gasteiger partial charge in [-0.15, -0.1) is 0 Å². The van der Waals surface area contributed by atoms with Crippen molar-refractivity contribution in [2.24, 2.45) is 14.1 Å². The molecule has 1 aliphatic heterocycles. The monoisotopic (exact) mass is 453 g/mol. The Kier molecular flexibility index (Phi) is 5.20. The smallest absolute Gasteiger partial charge is 0.433 e. The summed E-state index contributed by atoms with van der Waals surface area (Å²) in [6.45, 7) is 0.589. The number of amides is 1. The molecule has 3 heterocycles. The number of methoxy groups -OCH3 is 1. The van der Waals surface area contributed by atoms with Gasteiger partial charge in [-0.1, -0.05) is 17.7 Å². The van der Waals surface area contributed by atoms with Crippen LogP contribution in [-0.4, -0.2) is 44.0 Å². The van der Waals surface area contributed by atoms with E-state index in [0.29, 0.717) is 35.7 Å². The zero-order valence-corrected chi connectivity index (χ0v) is 17.8. The third kappa shape index (κ3) is 3.65.